The molecule has 1 unspecified atom stereocenters. The van der Waals surface area contributed by atoms with E-state index in [0.29, 0.717) is 24.3 Å². The summed E-state index contributed by atoms with van der Waals surface area (Å²) in [4.78, 5) is 23.9. The van der Waals surface area contributed by atoms with Crippen molar-refractivity contribution >= 4 is 11.9 Å². The van der Waals surface area contributed by atoms with Crippen LogP contribution in [0.2, 0.25) is 0 Å². The van der Waals surface area contributed by atoms with Crippen LogP contribution in [0.15, 0.2) is 30.4 Å². The van der Waals surface area contributed by atoms with Crippen molar-refractivity contribution in [3.05, 3.63) is 30.4 Å². The number of carbonyl (C=O) groups excluding carboxylic acids is 2. The van der Waals surface area contributed by atoms with Crippen molar-refractivity contribution < 1.29 is 28.5 Å². The molecule has 0 fully saturated rings. The van der Waals surface area contributed by atoms with Gasteiger partial charge in [0.05, 0.1) is 14.2 Å². The lowest BCUT2D eigenvalue weighted by Crippen LogP contribution is -2.31. The van der Waals surface area contributed by atoms with Crippen LogP contribution in [0.3, 0.4) is 0 Å². The molecule has 6 nitrogen and oxygen atoms in total. The number of carbonyl (C=O) groups is 2. The number of hydrogen-bond acceptors (Lipinski definition) is 6. The molecule has 1 aromatic carbocycles. The molecule has 0 saturated heterocycles. The third-order valence-electron chi connectivity index (χ3n) is 2.99. The Hall–Kier alpha value is -2.50. The van der Waals surface area contributed by atoms with Crippen molar-refractivity contribution in [1.29, 1.82) is 0 Å². The van der Waals surface area contributed by atoms with Gasteiger partial charge < -0.3 is 18.9 Å². The van der Waals surface area contributed by atoms with Gasteiger partial charge in [0.25, 0.3) is 0 Å². The second-order valence-corrected chi connectivity index (χ2v) is 4.90. The molecule has 126 valence electrons. The topological polar surface area (TPSA) is 71.1 Å². The van der Waals surface area contributed by atoms with Gasteiger partial charge in [0.1, 0.15) is 5.75 Å². The summed E-state index contributed by atoms with van der Waals surface area (Å²) >= 11 is 0. The number of ether oxygens (including phenoxy) is 4. The fraction of sp³-hybridized carbons (Fsp3) is 0.412. The summed E-state index contributed by atoms with van der Waals surface area (Å²) in [5.74, 6) is -0.141. The molecule has 0 aromatic heterocycles. The van der Waals surface area contributed by atoms with Gasteiger partial charge in [-0.1, -0.05) is 19.9 Å². The van der Waals surface area contributed by atoms with Gasteiger partial charge in [-0.05, 0) is 25.5 Å². The maximum Gasteiger partial charge on any atom is 0.352 e. The second-order valence-electron chi connectivity index (χ2n) is 4.90. The number of esters is 2. The number of methoxy groups -OCH3 is 2. The SMILES string of the molecule is C=C(C)C(=O)OC(CCC)C(=O)Oc1ccc(OC)cc1OC. The molecule has 0 amide bonds. The number of rotatable bonds is 8. The number of benzene rings is 1. The fourth-order valence-electron chi connectivity index (χ4n) is 1.75. The van der Waals surface area contributed by atoms with Crippen LogP contribution in [0, 0.1) is 0 Å². The zero-order valence-corrected chi connectivity index (χ0v) is 13.9. The third kappa shape index (κ3) is 5.32. The van der Waals surface area contributed by atoms with E-state index < -0.39 is 18.0 Å². The summed E-state index contributed by atoms with van der Waals surface area (Å²) in [5, 5.41) is 0. The van der Waals surface area contributed by atoms with Gasteiger partial charge in [-0.25, -0.2) is 9.59 Å². The lowest BCUT2D eigenvalue weighted by Gasteiger charge is -2.17. The van der Waals surface area contributed by atoms with Crippen molar-refractivity contribution in [3.63, 3.8) is 0 Å². The van der Waals surface area contributed by atoms with Gasteiger partial charge in [0, 0.05) is 11.6 Å². The molecule has 0 aliphatic rings. The van der Waals surface area contributed by atoms with Crippen LogP contribution in [-0.2, 0) is 14.3 Å². The summed E-state index contributed by atoms with van der Waals surface area (Å²) < 4.78 is 20.7. The molecule has 0 heterocycles. The van der Waals surface area contributed by atoms with E-state index in [1.54, 1.807) is 18.2 Å². The fourth-order valence-corrected chi connectivity index (χ4v) is 1.75. The van der Waals surface area contributed by atoms with E-state index in [-0.39, 0.29) is 11.3 Å². The molecule has 1 rings (SSSR count). The van der Waals surface area contributed by atoms with Crippen molar-refractivity contribution in [2.75, 3.05) is 14.2 Å². The Morgan fingerprint density at radius 3 is 2.39 bits per heavy atom. The van der Waals surface area contributed by atoms with Crippen molar-refractivity contribution in [2.45, 2.75) is 32.8 Å². The van der Waals surface area contributed by atoms with Crippen molar-refractivity contribution in [2.24, 2.45) is 0 Å². The molecule has 0 N–H and O–H groups in total. The van der Waals surface area contributed by atoms with Gasteiger partial charge >= 0.3 is 11.9 Å². The molecule has 1 aromatic rings. The Kier molecular flexibility index (Phi) is 7.12. The maximum atomic E-state index is 12.3. The van der Waals surface area contributed by atoms with Gasteiger partial charge in [-0.3, -0.25) is 0 Å². The predicted octanol–water partition coefficient (Wildman–Crippen LogP) is 2.90. The van der Waals surface area contributed by atoms with Crippen LogP contribution in [0.5, 0.6) is 17.2 Å². The van der Waals surface area contributed by atoms with Gasteiger partial charge in [0.15, 0.2) is 17.6 Å². The van der Waals surface area contributed by atoms with Crippen LogP contribution in [0.4, 0.5) is 0 Å². The third-order valence-corrected chi connectivity index (χ3v) is 2.99. The summed E-state index contributed by atoms with van der Waals surface area (Å²) in [6, 6.07) is 4.79. The summed E-state index contributed by atoms with van der Waals surface area (Å²) in [5.41, 5.74) is 0.223. The van der Waals surface area contributed by atoms with Crippen LogP contribution in [0.25, 0.3) is 0 Å². The van der Waals surface area contributed by atoms with Crippen LogP contribution >= 0.6 is 0 Å². The second kappa shape index (κ2) is 8.82. The predicted molar refractivity (Wildman–Crippen MR) is 84.8 cm³/mol. The van der Waals surface area contributed by atoms with E-state index in [1.807, 2.05) is 6.92 Å². The molecule has 0 radical (unpaired) electrons. The first-order chi connectivity index (χ1) is 10.9. The average molecular weight is 322 g/mol. The van der Waals surface area contributed by atoms with Gasteiger partial charge in [0.2, 0.25) is 0 Å². The molecular formula is C17H22O6. The minimum atomic E-state index is -0.990. The Balaban J connectivity index is 2.89. The van der Waals surface area contributed by atoms with E-state index in [9.17, 15) is 9.59 Å². The lowest BCUT2D eigenvalue weighted by atomic mass is 10.2. The van der Waals surface area contributed by atoms with E-state index in [1.165, 1.54) is 21.1 Å². The smallest absolute Gasteiger partial charge is 0.352 e. The monoisotopic (exact) mass is 322 g/mol. The average Bonchev–Trinajstić information content (AvgIpc) is 2.54. The first-order valence-electron chi connectivity index (χ1n) is 7.23. The van der Waals surface area contributed by atoms with E-state index in [4.69, 9.17) is 18.9 Å². The molecule has 0 spiro atoms. The van der Waals surface area contributed by atoms with Crippen LogP contribution in [-0.4, -0.2) is 32.3 Å². The van der Waals surface area contributed by atoms with Crippen molar-refractivity contribution in [3.8, 4) is 17.2 Å². The highest BCUT2D eigenvalue weighted by atomic mass is 16.6. The highest BCUT2D eigenvalue weighted by Crippen LogP contribution is 2.31. The quantitative estimate of drug-likeness (QED) is 0.416. The number of hydrogen-bond donors (Lipinski definition) is 0. The Morgan fingerprint density at radius 2 is 1.87 bits per heavy atom. The zero-order chi connectivity index (χ0) is 17.4. The minimum absolute atomic E-state index is 0.223. The Morgan fingerprint density at radius 1 is 1.17 bits per heavy atom. The Labute approximate surface area is 136 Å². The molecule has 0 bridgehead atoms. The van der Waals surface area contributed by atoms with E-state index in [0.717, 1.165) is 0 Å². The molecular weight excluding hydrogens is 300 g/mol. The highest BCUT2D eigenvalue weighted by molar-refractivity contribution is 5.89. The summed E-state index contributed by atoms with van der Waals surface area (Å²) in [6.07, 6.45) is 0.0234. The maximum absolute atomic E-state index is 12.3. The summed E-state index contributed by atoms with van der Waals surface area (Å²) in [6.45, 7) is 6.89. The van der Waals surface area contributed by atoms with Gasteiger partial charge in [-0.15, -0.1) is 0 Å². The van der Waals surface area contributed by atoms with Crippen LogP contribution in [0.1, 0.15) is 26.7 Å². The molecule has 0 saturated carbocycles. The highest BCUT2D eigenvalue weighted by Gasteiger charge is 2.25. The first kappa shape index (κ1) is 18.5. The molecule has 0 aliphatic carbocycles. The minimum Gasteiger partial charge on any atom is -0.497 e. The van der Waals surface area contributed by atoms with Gasteiger partial charge in [-0.2, -0.15) is 0 Å². The normalized spacial score (nSPS) is 11.3. The molecule has 0 aliphatic heterocycles. The Bertz CT molecular complexity index is 578. The zero-order valence-electron chi connectivity index (χ0n) is 13.9. The molecule has 6 heteroatoms. The first-order valence-corrected chi connectivity index (χ1v) is 7.23. The van der Waals surface area contributed by atoms with Crippen molar-refractivity contribution in [1.82, 2.24) is 0 Å². The summed E-state index contributed by atoms with van der Waals surface area (Å²) in [7, 11) is 2.98. The lowest BCUT2D eigenvalue weighted by molar-refractivity contribution is -0.160. The van der Waals surface area contributed by atoms with E-state index >= 15 is 0 Å². The molecule has 23 heavy (non-hydrogen) atoms. The van der Waals surface area contributed by atoms with E-state index in [2.05, 4.69) is 6.58 Å². The van der Waals surface area contributed by atoms with Crippen LogP contribution < -0.4 is 14.2 Å². The largest absolute Gasteiger partial charge is 0.497 e. The molecule has 1 atom stereocenters. The standard InChI is InChI=1S/C17H22O6/c1-6-7-14(23-16(18)11(2)3)17(19)22-13-9-8-12(20-4)10-15(13)21-5/h8-10,14H,2,6-7H2,1,3-5H3.